The molecule has 7 heteroatoms. The average molecular weight is 404 g/mol. The molecule has 130 valence electrons. The highest BCUT2D eigenvalue weighted by atomic mass is 79.9. The van der Waals surface area contributed by atoms with E-state index in [0.29, 0.717) is 12.3 Å². The molecule has 2 heterocycles. The molecular formula is C18H18BrN3O3. The van der Waals surface area contributed by atoms with Crippen LogP contribution in [0.3, 0.4) is 0 Å². The van der Waals surface area contributed by atoms with Crippen molar-refractivity contribution in [1.82, 2.24) is 15.3 Å². The van der Waals surface area contributed by atoms with Crippen molar-refractivity contribution in [3.8, 4) is 0 Å². The van der Waals surface area contributed by atoms with Crippen LogP contribution in [0.4, 0.5) is 0 Å². The minimum Gasteiger partial charge on any atom is -0.442 e. The zero-order chi connectivity index (χ0) is 18.2. The van der Waals surface area contributed by atoms with E-state index in [1.54, 1.807) is 6.92 Å². The lowest BCUT2D eigenvalue weighted by Gasteiger charge is -2.25. The third-order valence-electron chi connectivity index (χ3n) is 4.21. The molecule has 0 aliphatic heterocycles. The van der Waals surface area contributed by atoms with Gasteiger partial charge in [-0.05, 0) is 24.6 Å². The number of amides is 1. The quantitative estimate of drug-likeness (QED) is 0.699. The zero-order valence-electron chi connectivity index (χ0n) is 14.1. The van der Waals surface area contributed by atoms with Crippen molar-refractivity contribution in [1.29, 1.82) is 0 Å². The predicted octanol–water partition coefficient (Wildman–Crippen LogP) is 3.29. The number of hydrogen-bond donors (Lipinski definition) is 2. The molecule has 0 atom stereocenters. The summed E-state index contributed by atoms with van der Waals surface area (Å²) in [6.45, 7) is 6.16. The standard InChI is InChI=1S/C18H18BrN3O3/c1-10-13(14-16(24)21-9-22-17(14)25-10)15(23)20-8-18(2,3)11-4-6-12(19)7-5-11/h4-7,9H,8H2,1-3H3,(H,20,23)(H,21,22,24). The Morgan fingerprint density at radius 2 is 2.00 bits per heavy atom. The van der Waals surface area contributed by atoms with Crippen molar-refractivity contribution in [2.45, 2.75) is 26.2 Å². The SMILES string of the molecule is Cc1oc2nc[nH]c(=O)c2c1C(=O)NCC(C)(C)c1ccc(Br)cc1. The van der Waals surface area contributed by atoms with Gasteiger partial charge in [-0.3, -0.25) is 9.59 Å². The summed E-state index contributed by atoms with van der Waals surface area (Å²) < 4.78 is 6.44. The molecule has 0 fully saturated rings. The van der Waals surface area contributed by atoms with Gasteiger partial charge in [0.05, 0.1) is 11.9 Å². The Hall–Kier alpha value is -2.41. The fourth-order valence-electron chi connectivity index (χ4n) is 2.72. The summed E-state index contributed by atoms with van der Waals surface area (Å²) in [5, 5.41) is 3.09. The summed E-state index contributed by atoms with van der Waals surface area (Å²) in [5.74, 6) is 0.0260. The van der Waals surface area contributed by atoms with Crippen LogP contribution in [-0.4, -0.2) is 22.4 Å². The van der Waals surface area contributed by atoms with E-state index < -0.39 is 0 Å². The number of aromatic amines is 1. The van der Waals surface area contributed by atoms with E-state index >= 15 is 0 Å². The minimum atomic E-state index is -0.390. The molecule has 0 saturated heterocycles. The number of rotatable bonds is 4. The van der Waals surface area contributed by atoms with E-state index in [9.17, 15) is 9.59 Å². The molecule has 6 nitrogen and oxygen atoms in total. The van der Waals surface area contributed by atoms with Crippen LogP contribution >= 0.6 is 15.9 Å². The number of aryl methyl sites for hydroxylation is 1. The van der Waals surface area contributed by atoms with Crippen LogP contribution in [0.15, 0.2) is 44.3 Å². The maximum Gasteiger partial charge on any atom is 0.262 e. The molecule has 2 aromatic heterocycles. The third kappa shape index (κ3) is 3.37. The number of fused-ring (bicyclic) bond motifs is 1. The van der Waals surface area contributed by atoms with Gasteiger partial charge in [-0.25, -0.2) is 4.98 Å². The lowest BCUT2D eigenvalue weighted by atomic mass is 9.84. The van der Waals surface area contributed by atoms with Crippen LogP contribution < -0.4 is 10.9 Å². The van der Waals surface area contributed by atoms with E-state index in [1.165, 1.54) is 6.33 Å². The van der Waals surface area contributed by atoms with Gasteiger partial charge in [-0.2, -0.15) is 0 Å². The number of benzene rings is 1. The highest BCUT2D eigenvalue weighted by Gasteiger charge is 2.25. The van der Waals surface area contributed by atoms with Crippen molar-refractivity contribution >= 4 is 32.9 Å². The predicted molar refractivity (Wildman–Crippen MR) is 98.9 cm³/mol. The van der Waals surface area contributed by atoms with Gasteiger partial charge in [0.1, 0.15) is 11.1 Å². The van der Waals surface area contributed by atoms with Crippen LogP contribution in [0.25, 0.3) is 11.1 Å². The smallest absolute Gasteiger partial charge is 0.262 e. The molecule has 0 radical (unpaired) electrons. The topological polar surface area (TPSA) is 88.0 Å². The van der Waals surface area contributed by atoms with Crippen molar-refractivity contribution in [3.05, 3.63) is 62.3 Å². The van der Waals surface area contributed by atoms with Crippen molar-refractivity contribution in [2.24, 2.45) is 0 Å². The van der Waals surface area contributed by atoms with Crippen LogP contribution in [0.5, 0.6) is 0 Å². The number of halogens is 1. The van der Waals surface area contributed by atoms with Crippen LogP contribution in [0.2, 0.25) is 0 Å². The first-order chi connectivity index (χ1) is 11.8. The maximum atomic E-state index is 12.7. The number of nitrogens with zero attached hydrogens (tertiary/aromatic N) is 1. The maximum absolute atomic E-state index is 12.7. The van der Waals surface area contributed by atoms with Gasteiger partial charge in [0.2, 0.25) is 5.71 Å². The highest BCUT2D eigenvalue weighted by Crippen LogP contribution is 2.25. The van der Waals surface area contributed by atoms with Gasteiger partial charge in [0.25, 0.3) is 11.5 Å². The van der Waals surface area contributed by atoms with Gasteiger partial charge < -0.3 is 14.7 Å². The number of carbonyl (C=O) groups excluding carboxylic acids is 1. The van der Waals surface area contributed by atoms with Crippen molar-refractivity contribution in [3.63, 3.8) is 0 Å². The van der Waals surface area contributed by atoms with Gasteiger partial charge in [0.15, 0.2) is 0 Å². The molecule has 1 aromatic carbocycles. The first kappa shape index (κ1) is 17.4. The summed E-state index contributed by atoms with van der Waals surface area (Å²) in [7, 11) is 0. The van der Waals surface area contributed by atoms with Gasteiger partial charge in [-0.15, -0.1) is 0 Å². The number of aromatic nitrogens is 2. The number of nitrogens with one attached hydrogen (secondary N) is 2. The Labute approximate surface area is 152 Å². The average Bonchev–Trinajstić information content (AvgIpc) is 2.90. The van der Waals surface area contributed by atoms with Crippen molar-refractivity contribution in [2.75, 3.05) is 6.54 Å². The number of H-pyrrole nitrogens is 1. The summed E-state index contributed by atoms with van der Waals surface area (Å²) in [6.07, 6.45) is 1.26. The molecule has 0 spiro atoms. The van der Waals surface area contributed by atoms with Gasteiger partial charge >= 0.3 is 0 Å². The minimum absolute atomic E-state index is 0.165. The second kappa shape index (κ2) is 6.48. The van der Waals surface area contributed by atoms with Gasteiger partial charge in [-0.1, -0.05) is 41.9 Å². The Morgan fingerprint density at radius 1 is 1.32 bits per heavy atom. The normalized spacial score (nSPS) is 11.7. The summed E-state index contributed by atoms with van der Waals surface area (Å²) >= 11 is 3.42. The molecule has 2 N–H and O–H groups in total. The van der Waals surface area contributed by atoms with Crippen LogP contribution in [0.1, 0.15) is 35.5 Å². The molecule has 0 bridgehead atoms. The van der Waals surface area contributed by atoms with Crippen LogP contribution in [-0.2, 0) is 5.41 Å². The Morgan fingerprint density at radius 3 is 2.68 bits per heavy atom. The van der Waals surface area contributed by atoms with E-state index in [1.807, 2.05) is 38.1 Å². The van der Waals surface area contributed by atoms with Crippen LogP contribution in [0, 0.1) is 6.92 Å². The number of hydrogen-bond acceptors (Lipinski definition) is 4. The Balaban J connectivity index is 1.85. The third-order valence-corrected chi connectivity index (χ3v) is 4.74. The lowest BCUT2D eigenvalue weighted by molar-refractivity contribution is 0.0945. The largest absolute Gasteiger partial charge is 0.442 e. The first-order valence-corrected chi connectivity index (χ1v) is 8.60. The van der Waals surface area contributed by atoms with E-state index in [2.05, 4.69) is 31.2 Å². The highest BCUT2D eigenvalue weighted by molar-refractivity contribution is 9.10. The molecule has 25 heavy (non-hydrogen) atoms. The lowest BCUT2D eigenvalue weighted by Crippen LogP contribution is -2.37. The molecule has 0 aliphatic carbocycles. The zero-order valence-corrected chi connectivity index (χ0v) is 15.7. The Bertz CT molecular complexity index is 987. The molecular weight excluding hydrogens is 386 g/mol. The molecule has 3 rings (SSSR count). The fraction of sp³-hybridized carbons (Fsp3) is 0.278. The summed E-state index contributed by atoms with van der Waals surface area (Å²) in [5.41, 5.74) is 0.840. The number of furan rings is 1. The second-order valence-electron chi connectivity index (χ2n) is 6.52. The summed E-state index contributed by atoms with van der Waals surface area (Å²) in [6, 6.07) is 7.97. The van der Waals surface area contributed by atoms with Crippen molar-refractivity contribution < 1.29 is 9.21 Å². The van der Waals surface area contributed by atoms with E-state index in [0.717, 1.165) is 10.0 Å². The monoisotopic (exact) mass is 403 g/mol. The second-order valence-corrected chi connectivity index (χ2v) is 7.43. The summed E-state index contributed by atoms with van der Waals surface area (Å²) in [4.78, 5) is 31.1. The number of carbonyl (C=O) groups is 1. The Kier molecular flexibility index (Phi) is 4.51. The molecule has 0 saturated carbocycles. The van der Waals surface area contributed by atoms with E-state index in [4.69, 9.17) is 4.42 Å². The molecule has 1 amide bonds. The molecule has 3 aromatic rings. The fourth-order valence-corrected chi connectivity index (χ4v) is 2.98. The van der Waals surface area contributed by atoms with Gasteiger partial charge in [0, 0.05) is 16.4 Å². The molecule has 0 aliphatic rings. The molecule has 0 unspecified atom stereocenters. The first-order valence-electron chi connectivity index (χ1n) is 7.80. The van der Waals surface area contributed by atoms with E-state index in [-0.39, 0.29) is 33.5 Å².